The summed E-state index contributed by atoms with van der Waals surface area (Å²) in [6.45, 7) is 9.84. The number of benzene rings is 2. The van der Waals surface area contributed by atoms with Crippen LogP contribution in [0.25, 0.3) is 11.1 Å². The van der Waals surface area contributed by atoms with Gasteiger partial charge in [-0.2, -0.15) is 0 Å². The lowest BCUT2D eigenvalue weighted by Crippen LogP contribution is -2.31. The fourth-order valence-electron chi connectivity index (χ4n) is 3.53. The van der Waals surface area contributed by atoms with Crippen LogP contribution in [0.1, 0.15) is 36.1 Å². The van der Waals surface area contributed by atoms with E-state index >= 15 is 0 Å². The molecule has 116 valence electrons. The molecule has 22 heavy (non-hydrogen) atoms. The molecule has 0 saturated heterocycles. The average Bonchev–Trinajstić information content (AvgIpc) is 2.55. The van der Waals surface area contributed by atoms with Crippen LogP contribution in [-0.2, 0) is 19.4 Å². The highest BCUT2D eigenvalue weighted by Crippen LogP contribution is 2.35. The second-order valence-corrected chi connectivity index (χ2v) is 6.29. The molecular formula is C20H26N2. The first kappa shape index (κ1) is 15.1. The van der Waals surface area contributed by atoms with Gasteiger partial charge in [0.2, 0.25) is 0 Å². The molecule has 0 fully saturated rings. The van der Waals surface area contributed by atoms with Crippen molar-refractivity contribution in [3.05, 3.63) is 52.6 Å². The van der Waals surface area contributed by atoms with E-state index in [1.54, 1.807) is 0 Å². The minimum atomic E-state index is 0.947. The molecule has 1 aliphatic rings. The molecular weight excluding hydrogens is 268 g/mol. The van der Waals surface area contributed by atoms with Crippen LogP contribution in [0.15, 0.2) is 30.3 Å². The Hall–Kier alpha value is -1.80. The van der Waals surface area contributed by atoms with Crippen LogP contribution in [0.3, 0.4) is 0 Å². The molecule has 1 aliphatic heterocycles. The third-order valence-electron chi connectivity index (χ3n) is 4.91. The minimum absolute atomic E-state index is 0.947. The van der Waals surface area contributed by atoms with Gasteiger partial charge in [-0.05, 0) is 60.2 Å². The number of rotatable bonds is 3. The van der Waals surface area contributed by atoms with Gasteiger partial charge in [-0.1, -0.05) is 43.7 Å². The summed E-state index contributed by atoms with van der Waals surface area (Å²) in [6, 6.07) is 11.1. The Kier molecular flexibility index (Phi) is 4.21. The van der Waals surface area contributed by atoms with E-state index in [-0.39, 0.29) is 0 Å². The second-order valence-electron chi connectivity index (χ2n) is 6.29. The van der Waals surface area contributed by atoms with Crippen molar-refractivity contribution in [1.29, 1.82) is 0 Å². The van der Waals surface area contributed by atoms with Crippen LogP contribution in [0, 0.1) is 6.92 Å². The molecule has 0 unspecified atom stereocenters. The van der Waals surface area contributed by atoms with E-state index in [2.05, 4.69) is 56.0 Å². The lowest BCUT2D eigenvalue weighted by atomic mass is 9.86. The van der Waals surface area contributed by atoms with Crippen LogP contribution in [0.4, 0.5) is 5.69 Å². The number of nitrogens with zero attached hydrogens (tertiary/aromatic N) is 1. The molecule has 0 saturated carbocycles. The van der Waals surface area contributed by atoms with E-state index in [1.165, 1.54) is 33.4 Å². The first-order chi connectivity index (χ1) is 10.6. The third-order valence-corrected chi connectivity index (χ3v) is 4.91. The Bertz CT molecular complexity index is 688. The number of nitrogens with two attached hydrogens (primary N) is 1. The summed E-state index contributed by atoms with van der Waals surface area (Å²) < 4.78 is 0. The number of anilines is 1. The van der Waals surface area contributed by atoms with Crippen molar-refractivity contribution in [1.82, 2.24) is 4.90 Å². The Morgan fingerprint density at radius 1 is 1.05 bits per heavy atom. The molecule has 2 heteroatoms. The molecule has 0 amide bonds. The number of likely N-dealkylation sites (N-methyl/N-ethyl adjacent to an activating group) is 1. The summed E-state index contributed by atoms with van der Waals surface area (Å²) in [5, 5.41) is 0. The summed E-state index contributed by atoms with van der Waals surface area (Å²) in [7, 11) is 0. The molecule has 2 aromatic carbocycles. The first-order valence-electron chi connectivity index (χ1n) is 8.36. The van der Waals surface area contributed by atoms with Crippen LogP contribution in [0.2, 0.25) is 0 Å². The average molecular weight is 294 g/mol. The zero-order valence-corrected chi connectivity index (χ0v) is 13.9. The number of hydrogen-bond acceptors (Lipinski definition) is 2. The zero-order chi connectivity index (χ0) is 15.7. The highest BCUT2D eigenvalue weighted by Gasteiger charge is 2.21. The Morgan fingerprint density at radius 2 is 1.86 bits per heavy atom. The molecule has 1 heterocycles. The quantitative estimate of drug-likeness (QED) is 0.860. The summed E-state index contributed by atoms with van der Waals surface area (Å²) in [5.74, 6) is 0. The lowest BCUT2D eigenvalue weighted by molar-refractivity contribution is 0.269. The van der Waals surface area contributed by atoms with Gasteiger partial charge in [0, 0.05) is 18.8 Å². The fraction of sp³-hybridized carbons (Fsp3) is 0.400. The molecule has 2 N–H and O–H groups in total. The van der Waals surface area contributed by atoms with Crippen LogP contribution < -0.4 is 5.73 Å². The van der Waals surface area contributed by atoms with E-state index in [9.17, 15) is 0 Å². The number of fused-ring (bicyclic) bond motifs is 1. The summed E-state index contributed by atoms with van der Waals surface area (Å²) in [4.78, 5) is 2.47. The standard InChI is InChI=1S/C20H26N2/c1-4-15-7-6-14(3)12-18(15)16-8-9-20(21)19-13-22(5-2)11-10-17(16)19/h6-9,12H,4-5,10-11,13,21H2,1-3H3. The van der Waals surface area contributed by atoms with Gasteiger partial charge in [0.15, 0.2) is 0 Å². The van der Waals surface area contributed by atoms with E-state index in [1.807, 2.05) is 0 Å². The van der Waals surface area contributed by atoms with Gasteiger partial charge >= 0.3 is 0 Å². The predicted molar refractivity (Wildman–Crippen MR) is 95.1 cm³/mol. The van der Waals surface area contributed by atoms with Gasteiger partial charge in [-0.25, -0.2) is 0 Å². The van der Waals surface area contributed by atoms with Crippen molar-refractivity contribution in [3.63, 3.8) is 0 Å². The number of hydrogen-bond donors (Lipinski definition) is 1. The normalized spacial score (nSPS) is 14.9. The smallest absolute Gasteiger partial charge is 0.0362 e. The van der Waals surface area contributed by atoms with E-state index in [0.717, 1.165) is 38.2 Å². The number of aryl methyl sites for hydroxylation is 2. The molecule has 0 bridgehead atoms. The summed E-state index contributed by atoms with van der Waals surface area (Å²) >= 11 is 0. The maximum absolute atomic E-state index is 6.28. The van der Waals surface area contributed by atoms with E-state index < -0.39 is 0 Å². The van der Waals surface area contributed by atoms with Crippen molar-refractivity contribution < 1.29 is 0 Å². The Morgan fingerprint density at radius 3 is 2.59 bits per heavy atom. The molecule has 2 aromatic rings. The molecule has 2 nitrogen and oxygen atoms in total. The Labute approximate surface area is 134 Å². The maximum Gasteiger partial charge on any atom is 0.0362 e. The molecule has 0 radical (unpaired) electrons. The third kappa shape index (κ3) is 2.64. The van der Waals surface area contributed by atoms with Crippen molar-refractivity contribution in [2.45, 2.75) is 40.2 Å². The number of nitrogen functional groups attached to an aromatic ring is 1. The van der Waals surface area contributed by atoms with Gasteiger partial charge in [0.25, 0.3) is 0 Å². The van der Waals surface area contributed by atoms with Crippen LogP contribution in [0.5, 0.6) is 0 Å². The van der Waals surface area contributed by atoms with Gasteiger partial charge in [0.05, 0.1) is 0 Å². The molecule has 0 aromatic heterocycles. The summed E-state index contributed by atoms with van der Waals surface area (Å²) in [5.41, 5.74) is 15.6. The minimum Gasteiger partial charge on any atom is -0.398 e. The predicted octanol–water partition coefficient (Wildman–Crippen LogP) is 4.18. The van der Waals surface area contributed by atoms with Gasteiger partial charge < -0.3 is 5.73 Å². The monoisotopic (exact) mass is 294 g/mol. The Balaban J connectivity index is 2.16. The molecule has 0 atom stereocenters. The first-order valence-corrected chi connectivity index (χ1v) is 8.36. The van der Waals surface area contributed by atoms with Crippen molar-refractivity contribution >= 4 is 5.69 Å². The molecule has 0 aliphatic carbocycles. The second kappa shape index (κ2) is 6.13. The van der Waals surface area contributed by atoms with Crippen molar-refractivity contribution in [2.75, 3.05) is 18.8 Å². The van der Waals surface area contributed by atoms with Gasteiger partial charge in [0.1, 0.15) is 0 Å². The van der Waals surface area contributed by atoms with Crippen LogP contribution >= 0.6 is 0 Å². The molecule has 0 spiro atoms. The zero-order valence-electron chi connectivity index (χ0n) is 13.9. The maximum atomic E-state index is 6.28. The van der Waals surface area contributed by atoms with E-state index in [4.69, 9.17) is 5.73 Å². The highest BCUT2D eigenvalue weighted by atomic mass is 15.1. The van der Waals surface area contributed by atoms with Gasteiger partial charge in [-0.3, -0.25) is 4.90 Å². The molecule has 3 rings (SSSR count). The topological polar surface area (TPSA) is 29.3 Å². The largest absolute Gasteiger partial charge is 0.398 e. The van der Waals surface area contributed by atoms with Crippen LogP contribution in [-0.4, -0.2) is 18.0 Å². The highest BCUT2D eigenvalue weighted by molar-refractivity contribution is 5.76. The van der Waals surface area contributed by atoms with Gasteiger partial charge in [-0.15, -0.1) is 0 Å². The van der Waals surface area contributed by atoms with E-state index in [0.29, 0.717) is 0 Å². The SMILES string of the molecule is CCc1ccc(C)cc1-c1ccc(N)c2c1CCN(CC)C2. The van der Waals surface area contributed by atoms with Crippen molar-refractivity contribution in [2.24, 2.45) is 0 Å². The summed E-state index contributed by atoms with van der Waals surface area (Å²) in [6.07, 6.45) is 2.16. The van der Waals surface area contributed by atoms with Crippen molar-refractivity contribution in [3.8, 4) is 11.1 Å². The lowest BCUT2D eigenvalue weighted by Gasteiger charge is -2.30. The fourth-order valence-corrected chi connectivity index (χ4v) is 3.53.